The number of ether oxygens (including phenoxy) is 1. The van der Waals surface area contributed by atoms with Crippen LogP contribution in [0, 0.1) is 0 Å². The van der Waals surface area contributed by atoms with Gasteiger partial charge in [0.25, 0.3) is 0 Å². The van der Waals surface area contributed by atoms with Gasteiger partial charge in [-0.05, 0) is 42.3 Å². The van der Waals surface area contributed by atoms with Crippen molar-refractivity contribution in [3.63, 3.8) is 0 Å². The maximum Gasteiger partial charge on any atom is 0.338 e. The molecule has 92 valence electrons. The standard InChI is InChI=1S/C15H14O2S/c1-2-17-15(16)13-5-3-11(4-6-13)12-7-9-14(18)10-8-12/h3-10,18H,2H2,1H3. The molecule has 2 nitrogen and oxygen atoms in total. The van der Waals surface area contributed by atoms with Gasteiger partial charge in [-0.15, -0.1) is 12.6 Å². The molecule has 0 radical (unpaired) electrons. The Morgan fingerprint density at radius 3 is 2.00 bits per heavy atom. The summed E-state index contributed by atoms with van der Waals surface area (Å²) >= 11 is 4.25. The van der Waals surface area contributed by atoms with Crippen LogP contribution < -0.4 is 0 Å². The molecule has 0 N–H and O–H groups in total. The molecule has 0 saturated carbocycles. The van der Waals surface area contributed by atoms with Crippen LogP contribution in [0.1, 0.15) is 17.3 Å². The normalized spacial score (nSPS) is 10.1. The van der Waals surface area contributed by atoms with Crippen molar-refractivity contribution in [2.75, 3.05) is 6.61 Å². The Labute approximate surface area is 112 Å². The molecule has 0 amide bonds. The zero-order valence-corrected chi connectivity index (χ0v) is 11.0. The molecule has 0 spiro atoms. The summed E-state index contributed by atoms with van der Waals surface area (Å²) < 4.78 is 4.94. The molecule has 0 atom stereocenters. The summed E-state index contributed by atoms with van der Waals surface area (Å²) in [7, 11) is 0. The fourth-order valence-electron chi connectivity index (χ4n) is 1.67. The summed E-state index contributed by atoms with van der Waals surface area (Å²) in [6.45, 7) is 2.19. The molecular weight excluding hydrogens is 244 g/mol. The van der Waals surface area contributed by atoms with Gasteiger partial charge in [0.15, 0.2) is 0 Å². The minimum Gasteiger partial charge on any atom is -0.462 e. The molecule has 0 fully saturated rings. The van der Waals surface area contributed by atoms with Gasteiger partial charge in [-0.1, -0.05) is 24.3 Å². The van der Waals surface area contributed by atoms with Gasteiger partial charge in [0, 0.05) is 4.90 Å². The lowest BCUT2D eigenvalue weighted by Crippen LogP contribution is -2.03. The summed E-state index contributed by atoms with van der Waals surface area (Å²) in [5, 5.41) is 0. The minimum absolute atomic E-state index is 0.283. The molecule has 0 unspecified atom stereocenters. The van der Waals surface area contributed by atoms with E-state index in [4.69, 9.17) is 4.74 Å². The van der Waals surface area contributed by atoms with Crippen LogP contribution >= 0.6 is 12.6 Å². The Morgan fingerprint density at radius 1 is 1.00 bits per heavy atom. The molecule has 0 aromatic heterocycles. The number of rotatable bonds is 3. The largest absolute Gasteiger partial charge is 0.462 e. The monoisotopic (exact) mass is 258 g/mol. The first-order valence-corrected chi connectivity index (χ1v) is 6.22. The lowest BCUT2D eigenvalue weighted by atomic mass is 10.0. The van der Waals surface area contributed by atoms with Crippen molar-refractivity contribution in [2.45, 2.75) is 11.8 Å². The lowest BCUT2D eigenvalue weighted by Gasteiger charge is -2.04. The van der Waals surface area contributed by atoms with Crippen LogP contribution in [0.15, 0.2) is 53.4 Å². The topological polar surface area (TPSA) is 26.3 Å². The third kappa shape index (κ3) is 2.93. The summed E-state index contributed by atoms with van der Waals surface area (Å²) in [6, 6.07) is 15.3. The van der Waals surface area contributed by atoms with E-state index in [1.807, 2.05) is 36.4 Å². The SMILES string of the molecule is CCOC(=O)c1ccc(-c2ccc(S)cc2)cc1. The van der Waals surface area contributed by atoms with Gasteiger partial charge < -0.3 is 4.74 Å². The molecule has 0 aliphatic heterocycles. The number of benzene rings is 2. The van der Waals surface area contributed by atoms with Gasteiger partial charge in [-0.25, -0.2) is 4.79 Å². The van der Waals surface area contributed by atoms with Gasteiger partial charge in [0.1, 0.15) is 0 Å². The first-order valence-electron chi connectivity index (χ1n) is 5.77. The summed E-state index contributed by atoms with van der Waals surface area (Å²) in [4.78, 5) is 12.4. The molecule has 18 heavy (non-hydrogen) atoms. The molecular formula is C15H14O2S. The zero-order valence-electron chi connectivity index (χ0n) is 10.1. The third-order valence-corrected chi connectivity index (χ3v) is 2.89. The van der Waals surface area contributed by atoms with Crippen LogP contribution in [0.5, 0.6) is 0 Å². The van der Waals surface area contributed by atoms with E-state index in [2.05, 4.69) is 12.6 Å². The van der Waals surface area contributed by atoms with Gasteiger partial charge in [0.2, 0.25) is 0 Å². The number of hydrogen-bond donors (Lipinski definition) is 1. The van der Waals surface area contributed by atoms with Crippen LogP contribution in [0.3, 0.4) is 0 Å². The van der Waals surface area contributed by atoms with Gasteiger partial charge in [0.05, 0.1) is 12.2 Å². The second-order valence-electron chi connectivity index (χ2n) is 3.84. The summed E-state index contributed by atoms with van der Waals surface area (Å²) in [5.41, 5.74) is 2.74. The smallest absolute Gasteiger partial charge is 0.338 e. The van der Waals surface area contributed by atoms with E-state index in [0.29, 0.717) is 12.2 Å². The van der Waals surface area contributed by atoms with E-state index >= 15 is 0 Å². The highest BCUT2D eigenvalue weighted by molar-refractivity contribution is 7.80. The Kier molecular flexibility index (Phi) is 4.05. The van der Waals surface area contributed by atoms with Gasteiger partial charge in [-0.2, -0.15) is 0 Å². The molecule has 0 heterocycles. The van der Waals surface area contributed by atoms with Crippen LogP contribution in [0.4, 0.5) is 0 Å². The van der Waals surface area contributed by atoms with Crippen molar-refractivity contribution in [2.24, 2.45) is 0 Å². The first-order chi connectivity index (χ1) is 8.70. The quantitative estimate of drug-likeness (QED) is 0.669. The van der Waals surface area contributed by atoms with Gasteiger partial charge in [-0.3, -0.25) is 0 Å². The predicted molar refractivity (Wildman–Crippen MR) is 75.1 cm³/mol. The molecule has 2 aromatic carbocycles. The third-order valence-electron chi connectivity index (χ3n) is 2.60. The lowest BCUT2D eigenvalue weighted by molar-refractivity contribution is 0.0526. The Balaban J connectivity index is 2.22. The maximum absolute atomic E-state index is 11.5. The highest BCUT2D eigenvalue weighted by Gasteiger charge is 2.06. The maximum atomic E-state index is 11.5. The van der Waals surface area contributed by atoms with Crippen molar-refractivity contribution in [3.05, 3.63) is 54.1 Å². The van der Waals surface area contributed by atoms with Crippen LogP contribution in [0.25, 0.3) is 11.1 Å². The fraction of sp³-hybridized carbons (Fsp3) is 0.133. The Bertz CT molecular complexity index is 529. The molecule has 2 rings (SSSR count). The Morgan fingerprint density at radius 2 is 1.50 bits per heavy atom. The van der Waals surface area contributed by atoms with E-state index in [1.54, 1.807) is 19.1 Å². The molecule has 0 aliphatic rings. The second kappa shape index (κ2) is 5.74. The highest BCUT2D eigenvalue weighted by Crippen LogP contribution is 2.21. The van der Waals surface area contributed by atoms with Crippen LogP contribution in [0.2, 0.25) is 0 Å². The first kappa shape index (κ1) is 12.7. The minimum atomic E-state index is -0.283. The average Bonchev–Trinajstić information content (AvgIpc) is 2.40. The van der Waals surface area contributed by atoms with Crippen molar-refractivity contribution < 1.29 is 9.53 Å². The average molecular weight is 258 g/mol. The van der Waals surface area contributed by atoms with E-state index in [-0.39, 0.29) is 5.97 Å². The number of carbonyl (C=O) groups excluding carboxylic acids is 1. The van der Waals surface area contributed by atoms with Crippen molar-refractivity contribution in [1.82, 2.24) is 0 Å². The summed E-state index contributed by atoms with van der Waals surface area (Å²) in [5.74, 6) is -0.283. The van der Waals surface area contributed by atoms with E-state index in [0.717, 1.165) is 16.0 Å². The fourth-order valence-corrected chi connectivity index (χ4v) is 1.82. The molecule has 0 bridgehead atoms. The van der Waals surface area contributed by atoms with E-state index in [1.165, 1.54) is 0 Å². The van der Waals surface area contributed by atoms with Crippen molar-refractivity contribution in [3.8, 4) is 11.1 Å². The second-order valence-corrected chi connectivity index (χ2v) is 4.36. The molecule has 0 saturated heterocycles. The number of carbonyl (C=O) groups is 1. The molecule has 2 aromatic rings. The number of thiol groups is 1. The van der Waals surface area contributed by atoms with Gasteiger partial charge >= 0.3 is 5.97 Å². The summed E-state index contributed by atoms with van der Waals surface area (Å²) in [6.07, 6.45) is 0. The Hall–Kier alpha value is -1.74. The van der Waals surface area contributed by atoms with E-state index < -0.39 is 0 Å². The van der Waals surface area contributed by atoms with E-state index in [9.17, 15) is 4.79 Å². The molecule has 3 heteroatoms. The van der Waals surface area contributed by atoms with Crippen LogP contribution in [-0.4, -0.2) is 12.6 Å². The van der Waals surface area contributed by atoms with Crippen LogP contribution in [-0.2, 0) is 4.74 Å². The van der Waals surface area contributed by atoms with Crippen molar-refractivity contribution >= 4 is 18.6 Å². The zero-order chi connectivity index (χ0) is 13.0. The molecule has 0 aliphatic carbocycles. The number of esters is 1. The highest BCUT2D eigenvalue weighted by atomic mass is 32.1. The number of hydrogen-bond acceptors (Lipinski definition) is 3. The predicted octanol–water partition coefficient (Wildman–Crippen LogP) is 3.82. The van der Waals surface area contributed by atoms with Crippen molar-refractivity contribution in [1.29, 1.82) is 0 Å².